The molecular weight excluding hydrogens is 534 g/mol. The highest BCUT2D eigenvalue weighted by Crippen LogP contribution is 2.36. The first-order chi connectivity index (χ1) is 19.0. The Morgan fingerprint density at radius 1 is 1.02 bits per heavy atom. The third kappa shape index (κ3) is 5.72. The molecule has 1 heterocycles. The first-order valence-electron chi connectivity index (χ1n) is 12.5. The summed E-state index contributed by atoms with van der Waals surface area (Å²) in [5, 5.41) is 18.8. The summed E-state index contributed by atoms with van der Waals surface area (Å²) < 4.78 is 36.5. The number of ether oxygens (including phenoxy) is 1. The lowest BCUT2D eigenvalue weighted by Gasteiger charge is -2.14. The summed E-state index contributed by atoms with van der Waals surface area (Å²) in [6.07, 6.45) is 1.37. The highest BCUT2D eigenvalue weighted by atomic mass is 32.2. The van der Waals surface area contributed by atoms with Crippen molar-refractivity contribution < 1.29 is 22.9 Å². The van der Waals surface area contributed by atoms with E-state index in [9.17, 15) is 23.3 Å². The van der Waals surface area contributed by atoms with Gasteiger partial charge in [0, 0.05) is 29.4 Å². The number of anilines is 1. The third-order valence-electron chi connectivity index (χ3n) is 6.37. The normalized spacial score (nSPS) is 13.2. The molecule has 0 saturated heterocycles. The number of carbonyl (C=O) groups is 1. The van der Waals surface area contributed by atoms with Crippen molar-refractivity contribution in [1.29, 1.82) is 0 Å². The van der Waals surface area contributed by atoms with E-state index in [0.717, 1.165) is 17.2 Å². The van der Waals surface area contributed by atoms with Crippen LogP contribution in [0.2, 0.25) is 0 Å². The molecule has 1 aromatic heterocycles. The lowest BCUT2D eigenvalue weighted by Crippen LogP contribution is -2.26. The van der Waals surface area contributed by atoms with E-state index in [1.807, 2.05) is 44.2 Å². The van der Waals surface area contributed by atoms with Gasteiger partial charge in [-0.25, -0.2) is 13.1 Å². The van der Waals surface area contributed by atoms with Gasteiger partial charge in [0.05, 0.1) is 10.6 Å². The summed E-state index contributed by atoms with van der Waals surface area (Å²) in [6.45, 7) is 5.48. The zero-order valence-corrected chi connectivity index (χ0v) is 22.9. The number of nitrogens with one attached hydrogen (secondary N) is 2. The van der Waals surface area contributed by atoms with Gasteiger partial charge in [-0.15, -0.1) is 0 Å². The zero-order chi connectivity index (χ0) is 28.6. The number of nitro groups is 1. The Labute approximate surface area is 231 Å². The molecule has 0 atom stereocenters. The van der Waals surface area contributed by atoms with Gasteiger partial charge in [0.2, 0.25) is 15.9 Å². The summed E-state index contributed by atoms with van der Waals surface area (Å²) in [7, 11) is -4.14. The number of non-ortho nitro benzene ring substituents is 1. The molecule has 3 aromatic carbocycles. The molecule has 5 rings (SSSR count). The van der Waals surface area contributed by atoms with Gasteiger partial charge in [-0.2, -0.15) is 9.78 Å². The van der Waals surface area contributed by atoms with Crippen molar-refractivity contribution in [3.63, 3.8) is 0 Å². The minimum absolute atomic E-state index is 0.0690. The molecule has 12 heteroatoms. The number of rotatable bonds is 9. The van der Waals surface area contributed by atoms with E-state index in [1.165, 1.54) is 16.8 Å². The average Bonchev–Trinajstić information content (AvgIpc) is 3.65. The van der Waals surface area contributed by atoms with Crippen LogP contribution in [-0.2, 0) is 10.0 Å². The quantitative estimate of drug-likeness (QED) is 0.211. The largest absolute Gasteiger partial charge is 0.437 e. The Hall–Kier alpha value is -4.55. The smallest absolute Gasteiger partial charge is 0.276 e. The summed E-state index contributed by atoms with van der Waals surface area (Å²) >= 11 is 0. The van der Waals surface area contributed by atoms with Gasteiger partial charge in [0.25, 0.3) is 11.6 Å². The molecule has 1 amide bonds. The predicted octanol–water partition coefficient (Wildman–Crippen LogP) is 5.19. The Bertz CT molecular complexity index is 1730. The van der Waals surface area contributed by atoms with Crippen molar-refractivity contribution in [1.82, 2.24) is 14.5 Å². The number of sulfonamides is 1. The van der Waals surface area contributed by atoms with Crippen LogP contribution >= 0.6 is 0 Å². The van der Waals surface area contributed by atoms with Crippen LogP contribution in [0.15, 0.2) is 71.6 Å². The van der Waals surface area contributed by atoms with Crippen LogP contribution in [0.3, 0.4) is 0 Å². The molecule has 1 fully saturated rings. The molecule has 0 radical (unpaired) electrons. The van der Waals surface area contributed by atoms with Crippen LogP contribution in [0.4, 0.5) is 11.4 Å². The molecule has 0 unspecified atom stereocenters. The van der Waals surface area contributed by atoms with Crippen molar-refractivity contribution in [2.75, 3.05) is 5.32 Å². The van der Waals surface area contributed by atoms with E-state index in [4.69, 9.17) is 4.74 Å². The van der Waals surface area contributed by atoms with Crippen LogP contribution in [0.25, 0.3) is 5.69 Å². The molecule has 206 valence electrons. The van der Waals surface area contributed by atoms with E-state index in [1.54, 1.807) is 25.1 Å². The summed E-state index contributed by atoms with van der Waals surface area (Å²) in [6, 6.07) is 17.8. The maximum absolute atomic E-state index is 13.3. The van der Waals surface area contributed by atoms with E-state index in [0.29, 0.717) is 29.8 Å². The number of aromatic nitrogens is 2. The standard InChI is InChI=1S/C28H27N5O6S/c1-17-7-11-22(12-8-17)32-28(19(3)26(30-32)27(34)29-21-6-4-5-18(2)15-21)39-24-14-13-23(33(35)36)16-25(24)40(37,38)31-20-9-10-20/h4-8,11-16,20,31H,9-10H2,1-3H3,(H,29,34). The summed E-state index contributed by atoms with van der Waals surface area (Å²) in [5.74, 6) is -0.526. The topological polar surface area (TPSA) is 145 Å². The number of hydrogen-bond donors (Lipinski definition) is 2. The number of amides is 1. The van der Waals surface area contributed by atoms with E-state index < -0.39 is 26.5 Å². The molecule has 0 aliphatic heterocycles. The van der Waals surface area contributed by atoms with Crippen molar-refractivity contribution >= 4 is 27.3 Å². The molecule has 11 nitrogen and oxygen atoms in total. The van der Waals surface area contributed by atoms with E-state index in [-0.39, 0.29) is 28.3 Å². The number of hydrogen-bond acceptors (Lipinski definition) is 7. The van der Waals surface area contributed by atoms with E-state index in [2.05, 4.69) is 15.1 Å². The fourth-order valence-corrected chi connectivity index (χ4v) is 5.53. The fourth-order valence-electron chi connectivity index (χ4n) is 4.08. The molecule has 2 N–H and O–H groups in total. The second-order valence-corrected chi connectivity index (χ2v) is 11.4. The first-order valence-corrected chi connectivity index (χ1v) is 14.0. The molecule has 1 saturated carbocycles. The minimum atomic E-state index is -4.14. The third-order valence-corrected chi connectivity index (χ3v) is 7.91. The van der Waals surface area contributed by atoms with Crippen molar-refractivity contribution in [3.8, 4) is 17.3 Å². The van der Waals surface area contributed by atoms with Crippen LogP contribution < -0.4 is 14.8 Å². The molecule has 1 aliphatic carbocycles. The summed E-state index contributed by atoms with van der Waals surface area (Å²) in [4.78, 5) is 23.7. The zero-order valence-electron chi connectivity index (χ0n) is 22.0. The van der Waals surface area contributed by atoms with Crippen molar-refractivity contribution in [2.45, 2.75) is 44.6 Å². The number of aryl methyl sites for hydroxylation is 2. The number of nitrogens with zero attached hydrogens (tertiary/aromatic N) is 3. The van der Waals surface area contributed by atoms with Crippen molar-refractivity contribution in [2.24, 2.45) is 0 Å². The molecule has 0 bridgehead atoms. The molecule has 40 heavy (non-hydrogen) atoms. The Balaban J connectivity index is 1.60. The maximum atomic E-state index is 13.3. The van der Waals surface area contributed by atoms with Gasteiger partial charge in [-0.3, -0.25) is 14.9 Å². The van der Waals surface area contributed by atoms with Gasteiger partial charge in [0.1, 0.15) is 10.6 Å². The SMILES string of the molecule is Cc1ccc(-n2nc(C(=O)Nc3cccc(C)c3)c(C)c2Oc2ccc([N+](=O)[O-])cc2S(=O)(=O)NC2CC2)cc1. The number of benzene rings is 3. The first kappa shape index (κ1) is 27.0. The Morgan fingerprint density at radius 2 is 1.75 bits per heavy atom. The van der Waals surface area contributed by atoms with Crippen LogP contribution in [0, 0.1) is 30.9 Å². The van der Waals surface area contributed by atoms with Gasteiger partial charge in [0.15, 0.2) is 5.69 Å². The average molecular weight is 562 g/mol. The highest BCUT2D eigenvalue weighted by molar-refractivity contribution is 7.89. The van der Waals surface area contributed by atoms with Crippen LogP contribution in [0.5, 0.6) is 11.6 Å². The van der Waals surface area contributed by atoms with Gasteiger partial charge < -0.3 is 10.1 Å². The maximum Gasteiger partial charge on any atom is 0.276 e. The van der Waals surface area contributed by atoms with Crippen LogP contribution in [-0.4, -0.2) is 35.1 Å². The monoisotopic (exact) mass is 561 g/mol. The van der Waals surface area contributed by atoms with Crippen LogP contribution in [0.1, 0.15) is 40.0 Å². The van der Waals surface area contributed by atoms with Gasteiger partial charge in [-0.05, 0) is 69.5 Å². The number of nitro benzene ring substituents is 1. The minimum Gasteiger partial charge on any atom is -0.437 e. The fraction of sp³-hybridized carbons (Fsp3) is 0.214. The second kappa shape index (κ2) is 10.5. The van der Waals surface area contributed by atoms with E-state index >= 15 is 0 Å². The second-order valence-electron chi connectivity index (χ2n) is 9.74. The van der Waals surface area contributed by atoms with Crippen molar-refractivity contribution in [3.05, 3.63) is 99.2 Å². The van der Waals surface area contributed by atoms with Gasteiger partial charge in [-0.1, -0.05) is 29.8 Å². The summed E-state index contributed by atoms with van der Waals surface area (Å²) in [5.41, 5.74) is 3.15. The van der Waals surface area contributed by atoms with Gasteiger partial charge >= 0.3 is 0 Å². The highest BCUT2D eigenvalue weighted by Gasteiger charge is 2.32. The Morgan fingerprint density at radius 3 is 2.40 bits per heavy atom. The molecule has 0 spiro atoms. The molecular formula is C28H27N5O6S. The lowest BCUT2D eigenvalue weighted by molar-refractivity contribution is -0.385. The predicted molar refractivity (Wildman–Crippen MR) is 149 cm³/mol. The number of carbonyl (C=O) groups excluding carboxylic acids is 1. The lowest BCUT2D eigenvalue weighted by atomic mass is 10.2. The molecule has 4 aromatic rings. The Kier molecular flexibility index (Phi) is 7.13. The molecule has 1 aliphatic rings.